The number of hydrogen-bond acceptors (Lipinski definition) is 2. The SMILES string of the molecule is Cc1ccccc1C(=O)NCC1(c2ccc(Cl)cc2)CCN(C)CC1. The van der Waals surface area contributed by atoms with Crippen molar-refractivity contribution in [3.05, 3.63) is 70.2 Å². The Labute approximate surface area is 155 Å². The first-order valence-corrected chi connectivity index (χ1v) is 9.16. The first-order chi connectivity index (χ1) is 12.0. The average molecular weight is 357 g/mol. The Hall–Kier alpha value is -1.84. The maximum absolute atomic E-state index is 12.7. The molecule has 1 aliphatic rings. The van der Waals surface area contributed by atoms with E-state index in [0.717, 1.165) is 42.1 Å². The lowest BCUT2D eigenvalue weighted by atomic mass is 9.72. The number of piperidine rings is 1. The van der Waals surface area contributed by atoms with Crippen molar-refractivity contribution in [1.82, 2.24) is 10.2 Å². The third-order valence-corrected chi connectivity index (χ3v) is 5.63. The highest BCUT2D eigenvalue weighted by Gasteiger charge is 2.35. The fraction of sp³-hybridized carbons (Fsp3) is 0.381. The smallest absolute Gasteiger partial charge is 0.251 e. The fourth-order valence-electron chi connectivity index (χ4n) is 3.59. The van der Waals surface area contributed by atoms with E-state index in [9.17, 15) is 4.79 Å². The van der Waals surface area contributed by atoms with Crippen molar-refractivity contribution in [3.63, 3.8) is 0 Å². The highest BCUT2D eigenvalue weighted by molar-refractivity contribution is 6.30. The summed E-state index contributed by atoms with van der Waals surface area (Å²) < 4.78 is 0. The minimum absolute atomic E-state index is 0.00497. The molecule has 0 radical (unpaired) electrons. The minimum atomic E-state index is -0.0323. The van der Waals surface area contributed by atoms with Crippen molar-refractivity contribution < 1.29 is 4.79 Å². The van der Waals surface area contributed by atoms with Crippen molar-refractivity contribution in [1.29, 1.82) is 0 Å². The average Bonchev–Trinajstić information content (AvgIpc) is 2.62. The van der Waals surface area contributed by atoms with Gasteiger partial charge in [0.25, 0.3) is 5.91 Å². The normalized spacial score (nSPS) is 17.2. The van der Waals surface area contributed by atoms with Gasteiger partial charge in [-0.2, -0.15) is 0 Å². The number of hydrogen-bond donors (Lipinski definition) is 1. The number of nitrogens with one attached hydrogen (secondary N) is 1. The number of likely N-dealkylation sites (tertiary alicyclic amines) is 1. The van der Waals surface area contributed by atoms with Gasteiger partial charge in [0, 0.05) is 22.5 Å². The van der Waals surface area contributed by atoms with Crippen LogP contribution in [0.4, 0.5) is 0 Å². The predicted octanol–water partition coefficient (Wildman–Crippen LogP) is 4.04. The third kappa shape index (κ3) is 4.05. The van der Waals surface area contributed by atoms with E-state index in [1.54, 1.807) is 0 Å². The van der Waals surface area contributed by atoms with Crippen LogP contribution < -0.4 is 5.32 Å². The Morgan fingerprint density at radius 2 is 1.76 bits per heavy atom. The summed E-state index contributed by atoms with van der Waals surface area (Å²) in [7, 11) is 2.15. The van der Waals surface area contributed by atoms with Crippen LogP contribution in [0.1, 0.15) is 34.3 Å². The molecule has 132 valence electrons. The number of carbonyl (C=O) groups is 1. The zero-order chi connectivity index (χ0) is 17.9. The van der Waals surface area contributed by atoms with E-state index in [-0.39, 0.29) is 11.3 Å². The molecule has 3 rings (SSSR count). The molecule has 0 aromatic heterocycles. The Balaban J connectivity index is 1.80. The van der Waals surface area contributed by atoms with Gasteiger partial charge in [-0.1, -0.05) is 41.9 Å². The van der Waals surface area contributed by atoms with Crippen LogP contribution in [0.2, 0.25) is 5.02 Å². The van der Waals surface area contributed by atoms with E-state index in [2.05, 4.69) is 29.4 Å². The van der Waals surface area contributed by atoms with Gasteiger partial charge in [0.05, 0.1) is 0 Å². The Morgan fingerprint density at radius 3 is 2.40 bits per heavy atom. The molecule has 1 fully saturated rings. The van der Waals surface area contributed by atoms with E-state index in [1.807, 2.05) is 43.3 Å². The van der Waals surface area contributed by atoms with E-state index in [4.69, 9.17) is 11.6 Å². The number of aryl methyl sites for hydroxylation is 1. The standard InChI is InChI=1S/C21H25ClN2O/c1-16-5-3-4-6-19(16)20(25)23-15-21(11-13-24(2)14-12-21)17-7-9-18(22)10-8-17/h3-10H,11-15H2,1-2H3,(H,23,25). The number of benzene rings is 2. The lowest BCUT2D eigenvalue weighted by molar-refractivity contribution is 0.0927. The van der Waals surface area contributed by atoms with Crippen molar-refractivity contribution in [2.24, 2.45) is 0 Å². The molecule has 0 aliphatic carbocycles. The highest BCUT2D eigenvalue weighted by Crippen LogP contribution is 2.35. The quantitative estimate of drug-likeness (QED) is 0.896. The van der Waals surface area contributed by atoms with E-state index in [0.29, 0.717) is 6.54 Å². The summed E-state index contributed by atoms with van der Waals surface area (Å²) in [6, 6.07) is 15.8. The van der Waals surface area contributed by atoms with Crippen LogP contribution >= 0.6 is 11.6 Å². The van der Waals surface area contributed by atoms with Crippen LogP contribution in [0.5, 0.6) is 0 Å². The summed E-state index contributed by atoms with van der Waals surface area (Å²) in [5.41, 5.74) is 2.98. The van der Waals surface area contributed by atoms with Gasteiger partial charge in [0.1, 0.15) is 0 Å². The fourth-order valence-corrected chi connectivity index (χ4v) is 3.72. The molecule has 2 aromatic carbocycles. The van der Waals surface area contributed by atoms with E-state index < -0.39 is 0 Å². The molecule has 1 amide bonds. The van der Waals surface area contributed by atoms with Gasteiger partial charge >= 0.3 is 0 Å². The first kappa shape index (κ1) is 18.0. The molecule has 1 N–H and O–H groups in total. The Bertz CT molecular complexity index is 734. The van der Waals surface area contributed by atoms with Gasteiger partial charge in [-0.05, 0) is 69.2 Å². The molecule has 0 saturated carbocycles. The second-order valence-electron chi connectivity index (χ2n) is 7.09. The van der Waals surface area contributed by atoms with Crippen molar-refractivity contribution >= 4 is 17.5 Å². The van der Waals surface area contributed by atoms with Crippen LogP contribution in [0, 0.1) is 6.92 Å². The summed E-state index contributed by atoms with van der Waals surface area (Å²) in [5, 5.41) is 3.93. The third-order valence-electron chi connectivity index (χ3n) is 5.38. The molecule has 2 aromatic rings. The van der Waals surface area contributed by atoms with E-state index >= 15 is 0 Å². The minimum Gasteiger partial charge on any atom is -0.351 e. The van der Waals surface area contributed by atoms with Gasteiger partial charge in [-0.25, -0.2) is 0 Å². The molecular weight excluding hydrogens is 332 g/mol. The molecule has 0 bridgehead atoms. The zero-order valence-corrected chi connectivity index (χ0v) is 15.6. The van der Waals surface area contributed by atoms with Gasteiger partial charge in [0.15, 0.2) is 0 Å². The molecule has 1 aliphatic heterocycles. The second-order valence-corrected chi connectivity index (χ2v) is 7.52. The van der Waals surface area contributed by atoms with Crippen LogP contribution in [-0.4, -0.2) is 37.5 Å². The molecule has 0 spiro atoms. The lowest BCUT2D eigenvalue weighted by Gasteiger charge is -2.41. The first-order valence-electron chi connectivity index (χ1n) is 8.79. The van der Waals surface area contributed by atoms with Crippen LogP contribution in [0.15, 0.2) is 48.5 Å². The number of carbonyl (C=O) groups excluding carboxylic acids is 1. The monoisotopic (exact) mass is 356 g/mol. The maximum Gasteiger partial charge on any atom is 0.251 e. The van der Waals surface area contributed by atoms with Gasteiger partial charge in [-0.3, -0.25) is 4.79 Å². The molecule has 1 saturated heterocycles. The van der Waals surface area contributed by atoms with E-state index in [1.165, 1.54) is 5.56 Å². The summed E-state index contributed by atoms with van der Waals surface area (Å²) in [6.07, 6.45) is 2.05. The van der Waals surface area contributed by atoms with Crippen LogP contribution in [-0.2, 0) is 5.41 Å². The summed E-state index contributed by atoms with van der Waals surface area (Å²) in [6.45, 7) is 4.68. The van der Waals surface area contributed by atoms with Crippen LogP contribution in [0.25, 0.3) is 0 Å². The summed E-state index contributed by atoms with van der Waals surface area (Å²) in [4.78, 5) is 15.0. The predicted molar refractivity (Wildman–Crippen MR) is 103 cm³/mol. The zero-order valence-electron chi connectivity index (χ0n) is 14.9. The van der Waals surface area contributed by atoms with Crippen LogP contribution in [0.3, 0.4) is 0 Å². The molecule has 4 heteroatoms. The van der Waals surface area contributed by atoms with Gasteiger partial charge in [-0.15, -0.1) is 0 Å². The van der Waals surface area contributed by atoms with Gasteiger partial charge < -0.3 is 10.2 Å². The second kappa shape index (κ2) is 7.59. The molecule has 0 unspecified atom stereocenters. The summed E-state index contributed by atoms with van der Waals surface area (Å²) >= 11 is 6.07. The topological polar surface area (TPSA) is 32.3 Å². The Morgan fingerprint density at radius 1 is 1.12 bits per heavy atom. The maximum atomic E-state index is 12.7. The number of rotatable bonds is 4. The van der Waals surface area contributed by atoms with Crippen molar-refractivity contribution in [3.8, 4) is 0 Å². The lowest BCUT2D eigenvalue weighted by Crippen LogP contribution is -2.48. The highest BCUT2D eigenvalue weighted by atomic mass is 35.5. The van der Waals surface area contributed by atoms with Crippen molar-refractivity contribution in [2.45, 2.75) is 25.2 Å². The molecule has 0 atom stereocenters. The Kier molecular flexibility index (Phi) is 5.45. The van der Waals surface area contributed by atoms with Crippen molar-refractivity contribution in [2.75, 3.05) is 26.7 Å². The number of nitrogens with zero attached hydrogens (tertiary/aromatic N) is 1. The molecule has 1 heterocycles. The largest absolute Gasteiger partial charge is 0.351 e. The molecular formula is C21H25ClN2O. The number of halogens is 1. The molecule has 3 nitrogen and oxygen atoms in total. The number of amides is 1. The van der Waals surface area contributed by atoms with Gasteiger partial charge in [0.2, 0.25) is 0 Å². The summed E-state index contributed by atoms with van der Waals surface area (Å²) in [5.74, 6) is 0.00497. The molecule has 25 heavy (non-hydrogen) atoms.